The van der Waals surface area contributed by atoms with Crippen LogP contribution in [0.15, 0.2) is 12.1 Å². The molecule has 3 nitrogen and oxygen atoms in total. The van der Waals surface area contributed by atoms with Gasteiger partial charge in [-0.25, -0.2) is 4.39 Å². The molecular formula is C15H23FN2O. The molecule has 1 aliphatic carbocycles. The van der Waals surface area contributed by atoms with Crippen molar-refractivity contribution in [3.05, 3.63) is 17.9 Å². The highest BCUT2D eigenvalue weighted by atomic mass is 19.1. The lowest BCUT2D eigenvalue weighted by Crippen LogP contribution is -2.25. The van der Waals surface area contributed by atoms with Gasteiger partial charge in [-0.05, 0) is 38.5 Å². The number of halogens is 1. The van der Waals surface area contributed by atoms with Gasteiger partial charge in [0.15, 0.2) is 11.6 Å². The second kappa shape index (κ2) is 6.13. The Balaban J connectivity index is 2.08. The van der Waals surface area contributed by atoms with Gasteiger partial charge in [-0.3, -0.25) is 0 Å². The van der Waals surface area contributed by atoms with Crippen LogP contribution in [0.3, 0.4) is 0 Å². The summed E-state index contributed by atoms with van der Waals surface area (Å²) in [6.45, 7) is 4.57. The molecule has 4 heteroatoms. The normalized spacial score (nSPS) is 23.1. The Labute approximate surface area is 114 Å². The van der Waals surface area contributed by atoms with Crippen LogP contribution >= 0.6 is 0 Å². The van der Waals surface area contributed by atoms with E-state index in [9.17, 15) is 4.39 Å². The number of nitrogen functional groups attached to an aromatic ring is 1. The number of anilines is 2. The molecule has 0 amide bonds. The van der Waals surface area contributed by atoms with Crippen LogP contribution in [0.4, 0.5) is 15.8 Å². The SMILES string of the molecule is CCOc1cc(NC2CCC(C)CC2)c(N)cc1F. The molecule has 1 aliphatic rings. The molecule has 1 aromatic rings. The first kappa shape index (κ1) is 14.0. The number of nitrogens with two attached hydrogens (primary N) is 1. The van der Waals surface area contributed by atoms with E-state index in [-0.39, 0.29) is 5.75 Å². The van der Waals surface area contributed by atoms with Crippen molar-refractivity contribution in [2.45, 2.75) is 45.6 Å². The molecule has 0 radical (unpaired) electrons. The lowest BCUT2D eigenvalue weighted by Gasteiger charge is -2.28. The fourth-order valence-corrected chi connectivity index (χ4v) is 2.58. The van der Waals surface area contributed by atoms with Gasteiger partial charge in [0.1, 0.15) is 0 Å². The third kappa shape index (κ3) is 3.52. The van der Waals surface area contributed by atoms with Crippen LogP contribution in [0.1, 0.15) is 39.5 Å². The maximum absolute atomic E-state index is 13.6. The number of hydrogen-bond donors (Lipinski definition) is 2. The highest BCUT2D eigenvalue weighted by molar-refractivity contribution is 5.69. The van der Waals surface area contributed by atoms with Crippen molar-refractivity contribution in [2.75, 3.05) is 17.7 Å². The largest absolute Gasteiger partial charge is 0.491 e. The lowest BCUT2D eigenvalue weighted by molar-refractivity contribution is 0.321. The molecule has 0 unspecified atom stereocenters. The van der Waals surface area contributed by atoms with Crippen LogP contribution in [-0.4, -0.2) is 12.6 Å². The molecule has 0 spiro atoms. The molecule has 0 saturated heterocycles. The summed E-state index contributed by atoms with van der Waals surface area (Å²) < 4.78 is 18.9. The molecule has 0 bridgehead atoms. The Hall–Kier alpha value is -1.45. The number of benzene rings is 1. The van der Waals surface area contributed by atoms with Crippen LogP contribution in [0.5, 0.6) is 5.75 Å². The molecular weight excluding hydrogens is 243 g/mol. The summed E-state index contributed by atoms with van der Waals surface area (Å²) >= 11 is 0. The average molecular weight is 266 g/mol. The van der Waals surface area contributed by atoms with Gasteiger partial charge >= 0.3 is 0 Å². The Kier molecular flexibility index (Phi) is 4.51. The molecule has 0 heterocycles. The van der Waals surface area contributed by atoms with Crippen molar-refractivity contribution in [1.82, 2.24) is 0 Å². The standard InChI is InChI=1S/C15H23FN2O/c1-3-19-15-9-14(13(17)8-12(15)16)18-11-6-4-10(2)5-7-11/h8-11,18H,3-7,17H2,1-2H3. The highest BCUT2D eigenvalue weighted by Crippen LogP contribution is 2.32. The van der Waals surface area contributed by atoms with Crippen LogP contribution in [0.25, 0.3) is 0 Å². The van der Waals surface area contributed by atoms with Crippen LogP contribution < -0.4 is 15.8 Å². The average Bonchev–Trinajstić information content (AvgIpc) is 2.38. The van der Waals surface area contributed by atoms with Gasteiger partial charge in [0.25, 0.3) is 0 Å². The number of hydrogen-bond acceptors (Lipinski definition) is 3. The van der Waals surface area contributed by atoms with Gasteiger partial charge in [0.05, 0.1) is 18.0 Å². The van der Waals surface area contributed by atoms with Crippen molar-refractivity contribution in [3.63, 3.8) is 0 Å². The van der Waals surface area contributed by atoms with E-state index < -0.39 is 5.82 Å². The zero-order valence-corrected chi connectivity index (χ0v) is 11.7. The number of nitrogens with one attached hydrogen (secondary N) is 1. The number of ether oxygens (including phenoxy) is 1. The second-order valence-corrected chi connectivity index (χ2v) is 5.40. The van der Waals surface area contributed by atoms with E-state index in [0.29, 0.717) is 18.3 Å². The second-order valence-electron chi connectivity index (χ2n) is 5.40. The third-order valence-electron chi connectivity index (χ3n) is 3.78. The first-order chi connectivity index (χ1) is 9.10. The van der Waals surface area contributed by atoms with Crippen LogP contribution in [0, 0.1) is 11.7 Å². The summed E-state index contributed by atoms with van der Waals surface area (Å²) in [7, 11) is 0. The monoisotopic (exact) mass is 266 g/mol. The van der Waals surface area contributed by atoms with E-state index in [4.69, 9.17) is 10.5 Å². The van der Waals surface area contributed by atoms with Crippen LogP contribution in [-0.2, 0) is 0 Å². The minimum absolute atomic E-state index is 0.267. The molecule has 0 aliphatic heterocycles. The molecule has 19 heavy (non-hydrogen) atoms. The molecule has 106 valence electrons. The maximum Gasteiger partial charge on any atom is 0.167 e. The topological polar surface area (TPSA) is 47.3 Å². The van der Waals surface area contributed by atoms with Gasteiger partial charge in [-0.1, -0.05) is 6.92 Å². The minimum atomic E-state index is -0.401. The van der Waals surface area contributed by atoms with Crippen molar-refractivity contribution in [1.29, 1.82) is 0 Å². The molecule has 1 aromatic carbocycles. The number of rotatable bonds is 4. The molecule has 1 saturated carbocycles. The summed E-state index contributed by atoms with van der Waals surface area (Å²) in [6.07, 6.45) is 4.75. The first-order valence-corrected chi connectivity index (χ1v) is 7.08. The van der Waals surface area contributed by atoms with Gasteiger partial charge < -0.3 is 15.8 Å². The predicted molar refractivity (Wildman–Crippen MR) is 77.0 cm³/mol. The fraction of sp³-hybridized carbons (Fsp3) is 0.600. The first-order valence-electron chi connectivity index (χ1n) is 7.08. The Morgan fingerprint density at radius 2 is 2.00 bits per heavy atom. The quantitative estimate of drug-likeness (QED) is 0.815. The van der Waals surface area contributed by atoms with E-state index in [1.807, 2.05) is 6.92 Å². The molecule has 1 fully saturated rings. The molecule has 3 N–H and O–H groups in total. The highest BCUT2D eigenvalue weighted by Gasteiger charge is 2.19. The van der Waals surface area contributed by atoms with Gasteiger partial charge in [-0.2, -0.15) is 0 Å². The van der Waals surface area contributed by atoms with Crippen LogP contribution in [0.2, 0.25) is 0 Å². The summed E-state index contributed by atoms with van der Waals surface area (Å²) in [5.41, 5.74) is 7.10. The van der Waals surface area contributed by atoms with E-state index in [1.165, 1.54) is 18.9 Å². The van der Waals surface area contributed by atoms with Crippen molar-refractivity contribution in [2.24, 2.45) is 5.92 Å². The van der Waals surface area contributed by atoms with E-state index in [1.54, 1.807) is 6.07 Å². The Morgan fingerprint density at radius 3 is 2.63 bits per heavy atom. The van der Waals surface area contributed by atoms with Gasteiger partial charge in [-0.15, -0.1) is 0 Å². The zero-order chi connectivity index (χ0) is 13.8. The molecule has 0 atom stereocenters. The van der Waals surface area contributed by atoms with Gasteiger partial charge in [0, 0.05) is 18.2 Å². The van der Waals surface area contributed by atoms with Gasteiger partial charge in [0.2, 0.25) is 0 Å². The minimum Gasteiger partial charge on any atom is -0.491 e. The third-order valence-corrected chi connectivity index (χ3v) is 3.78. The Morgan fingerprint density at radius 1 is 1.32 bits per heavy atom. The lowest BCUT2D eigenvalue weighted by atomic mass is 9.87. The molecule has 2 rings (SSSR count). The fourth-order valence-electron chi connectivity index (χ4n) is 2.58. The van der Waals surface area contributed by atoms with E-state index in [0.717, 1.165) is 24.4 Å². The smallest absolute Gasteiger partial charge is 0.167 e. The Bertz CT molecular complexity index is 428. The van der Waals surface area contributed by atoms with Crippen molar-refractivity contribution >= 4 is 11.4 Å². The zero-order valence-electron chi connectivity index (χ0n) is 11.7. The maximum atomic E-state index is 13.6. The summed E-state index contributed by atoms with van der Waals surface area (Å²) in [6, 6.07) is 3.43. The summed E-state index contributed by atoms with van der Waals surface area (Å²) in [4.78, 5) is 0. The summed E-state index contributed by atoms with van der Waals surface area (Å²) in [5.74, 6) is 0.674. The molecule has 0 aromatic heterocycles. The summed E-state index contributed by atoms with van der Waals surface area (Å²) in [5, 5.41) is 3.42. The van der Waals surface area contributed by atoms with Crippen molar-refractivity contribution < 1.29 is 9.13 Å². The van der Waals surface area contributed by atoms with E-state index in [2.05, 4.69) is 12.2 Å². The van der Waals surface area contributed by atoms with Crippen molar-refractivity contribution in [3.8, 4) is 5.75 Å². The van der Waals surface area contributed by atoms with E-state index >= 15 is 0 Å². The predicted octanol–water partition coefficient (Wildman–Crippen LogP) is 3.80.